The minimum absolute atomic E-state index is 0.164. The van der Waals surface area contributed by atoms with Crippen LogP contribution in [-0.2, 0) is 9.53 Å². The second kappa shape index (κ2) is 9.00. The van der Waals surface area contributed by atoms with Crippen molar-refractivity contribution in [2.24, 2.45) is 0 Å². The molecule has 3 saturated heterocycles. The molecule has 3 aliphatic heterocycles. The minimum Gasteiger partial charge on any atom is -0.376 e. The van der Waals surface area contributed by atoms with Crippen molar-refractivity contribution in [2.45, 2.75) is 63.5 Å². The van der Waals surface area contributed by atoms with Crippen LogP contribution in [0.5, 0.6) is 0 Å². The van der Waals surface area contributed by atoms with Crippen molar-refractivity contribution in [1.82, 2.24) is 15.1 Å². The molecule has 3 aliphatic rings. The summed E-state index contributed by atoms with van der Waals surface area (Å²) in [5.41, 5.74) is 0. The third-order valence-corrected chi connectivity index (χ3v) is 5.56. The van der Waals surface area contributed by atoms with Gasteiger partial charge in [0.05, 0.1) is 12.6 Å². The van der Waals surface area contributed by atoms with Crippen LogP contribution in [0.15, 0.2) is 0 Å². The SMILES string of the molecule is O=C(CN1CCC[C@H](N2CCCCCC2)C1)NC[C@@H]1CCCO1. The summed E-state index contributed by atoms with van der Waals surface area (Å²) in [6.07, 6.45) is 10.4. The number of amides is 1. The summed E-state index contributed by atoms with van der Waals surface area (Å²) in [7, 11) is 0. The number of rotatable bonds is 5. The molecule has 0 radical (unpaired) electrons. The number of nitrogens with zero attached hydrogens (tertiary/aromatic N) is 2. The predicted molar refractivity (Wildman–Crippen MR) is 91.5 cm³/mol. The van der Waals surface area contributed by atoms with Crippen LogP contribution in [0.25, 0.3) is 0 Å². The maximum absolute atomic E-state index is 12.2. The van der Waals surface area contributed by atoms with Gasteiger partial charge in [-0.15, -0.1) is 0 Å². The van der Waals surface area contributed by atoms with E-state index in [0.717, 1.165) is 32.5 Å². The fourth-order valence-electron chi connectivity index (χ4n) is 4.23. The maximum atomic E-state index is 12.2. The smallest absolute Gasteiger partial charge is 0.234 e. The van der Waals surface area contributed by atoms with Crippen LogP contribution in [0, 0.1) is 0 Å². The van der Waals surface area contributed by atoms with Crippen molar-refractivity contribution in [3.05, 3.63) is 0 Å². The van der Waals surface area contributed by atoms with Gasteiger partial charge in [-0.25, -0.2) is 0 Å². The molecule has 3 heterocycles. The Kier molecular flexibility index (Phi) is 6.72. The van der Waals surface area contributed by atoms with Gasteiger partial charge in [-0.2, -0.15) is 0 Å². The first-order valence-corrected chi connectivity index (χ1v) is 9.66. The standard InChI is InChI=1S/C18H33N3O2/c22-18(19-13-17-8-6-12-23-17)15-20-9-5-7-16(14-20)21-10-3-1-2-4-11-21/h16-17H,1-15H2,(H,19,22)/t16-,17-/m0/s1. The van der Waals surface area contributed by atoms with Crippen LogP contribution in [0.4, 0.5) is 0 Å². The molecule has 1 N–H and O–H groups in total. The molecule has 23 heavy (non-hydrogen) atoms. The topological polar surface area (TPSA) is 44.8 Å². The average molecular weight is 323 g/mol. The Hall–Kier alpha value is -0.650. The van der Waals surface area contributed by atoms with E-state index < -0.39 is 0 Å². The molecule has 1 amide bonds. The Morgan fingerprint density at radius 1 is 1.00 bits per heavy atom. The Morgan fingerprint density at radius 2 is 1.83 bits per heavy atom. The molecule has 132 valence electrons. The van der Waals surface area contributed by atoms with Gasteiger partial charge in [-0.3, -0.25) is 14.6 Å². The zero-order chi connectivity index (χ0) is 15.9. The molecule has 3 fully saturated rings. The van der Waals surface area contributed by atoms with Crippen molar-refractivity contribution in [1.29, 1.82) is 0 Å². The Morgan fingerprint density at radius 3 is 2.57 bits per heavy atom. The van der Waals surface area contributed by atoms with Gasteiger partial charge in [0, 0.05) is 25.7 Å². The third-order valence-electron chi connectivity index (χ3n) is 5.56. The van der Waals surface area contributed by atoms with E-state index in [1.807, 2.05) is 0 Å². The molecular formula is C18H33N3O2. The lowest BCUT2D eigenvalue weighted by atomic mass is 10.0. The number of likely N-dealkylation sites (tertiary alicyclic amines) is 2. The molecule has 0 aliphatic carbocycles. The summed E-state index contributed by atoms with van der Waals surface area (Å²) >= 11 is 0. The summed E-state index contributed by atoms with van der Waals surface area (Å²) in [6.45, 7) is 6.72. The number of ether oxygens (including phenoxy) is 1. The Bertz CT molecular complexity index is 363. The van der Waals surface area contributed by atoms with E-state index in [4.69, 9.17) is 4.74 Å². The molecule has 0 aromatic rings. The highest BCUT2D eigenvalue weighted by Crippen LogP contribution is 2.20. The fourth-order valence-corrected chi connectivity index (χ4v) is 4.23. The van der Waals surface area contributed by atoms with Crippen LogP contribution in [0.3, 0.4) is 0 Å². The van der Waals surface area contributed by atoms with E-state index in [1.165, 1.54) is 51.6 Å². The lowest BCUT2D eigenvalue weighted by Crippen LogP contribution is -2.51. The molecule has 0 spiro atoms. The molecule has 0 aromatic carbocycles. The van der Waals surface area contributed by atoms with Gasteiger partial charge in [0.1, 0.15) is 0 Å². The maximum Gasteiger partial charge on any atom is 0.234 e. The van der Waals surface area contributed by atoms with Gasteiger partial charge < -0.3 is 10.1 Å². The Labute approximate surface area is 140 Å². The van der Waals surface area contributed by atoms with Gasteiger partial charge in [-0.1, -0.05) is 12.8 Å². The van der Waals surface area contributed by atoms with Crippen molar-refractivity contribution >= 4 is 5.91 Å². The molecule has 0 bridgehead atoms. The highest BCUT2D eigenvalue weighted by atomic mass is 16.5. The van der Waals surface area contributed by atoms with E-state index >= 15 is 0 Å². The van der Waals surface area contributed by atoms with Crippen LogP contribution >= 0.6 is 0 Å². The molecule has 0 aromatic heterocycles. The Balaban J connectivity index is 1.39. The van der Waals surface area contributed by atoms with Crippen molar-refractivity contribution in [3.8, 4) is 0 Å². The molecule has 5 heteroatoms. The third kappa shape index (κ3) is 5.44. The van der Waals surface area contributed by atoms with Gasteiger partial charge >= 0.3 is 0 Å². The number of piperidine rings is 1. The average Bonchev–Trinajstić information content (AvgIpc) is 2.93. The van der Waals surface area contributed by atoms with Gasteiger partial charge in [-0.05, 0) is 58.2 Å². The van der Waals surface area contributed by atoms with E-state index in [2.05, 4.69) is 15.1 Å². The second-order valence-corrected chi connectivity index (χ2v) is 7.42. The first kappa shape index (κ1) is 17.2. The number of nitrogens with one attached hydrogen (secondary N) is 1. The second-order valence-electron chi connectivity index (χ2n) is 7.42. The van der Waals surface area contributed by atoms with Gasteiger partial charge in [0.15, 0.2) is 0 Å². The van der Waals surface area contributed by atoms with Gasteiger partial charge in [0.25, 0.3) is 0 Å². The first-order chi connectivity index (χ1) is 11.3. The van der Waals surface area contributed by atoms with Crippen LogP contribution in [0.2, 0.25) is 0 Å². The zero-order valence-electron chi connectivity index (χ0n) is 14.5. The number of carbonyl (C=O) groups is 1. The number of hydrogen-bond donors (Lipinski definition) is 1. The van der Waals surface area contributed by atoms with E-state index in [-0.39, 0.29) is 12.0 Å². The van der Waals surface area contributed by atoms with Gasteiger partial charge in [0.2, 0.25) is 5.91 Å². The zero-order valence-corrected chi connectivity index (χ0v) is 14.5. The molecule has 5 nitrogen and oxygen atoms in total. The molecule has 0 saturated carbocycles. The summed E-state index contributed by atoms with van der Waals surface area (Å²) in [5, 5.41) is 3.06. The summed E-state index contributed by atoms with van der Waals surface area (Å²) < 4.78 is 5.57. The van der Waals surface area contributed by atoms with Crippen molar-refractivity contribution < 1.29 is 9.53 Å². The first-order valence-electron chi connectivity index (χ1n) is 9.66. The molecule has 0 unspecified atom stereocenters. The lowest BCUT2D eigenvalue weighted by molar-refractivity contribution is -0.123. The monoisotopic (exact) mass is 323 g/mol. The molecule has 2 atom stereocenters. The van der Waals surface area contributed by atoms with Crippen LogP contribution in [0.1, 0.15) is 51.4 Å². The van der Waals surface area contributed by atoms with E-state index in [9.17, 15) is 4.79 Å². The van der Waals surface area contributed by atoms with Crippen molar-refractivity contribution in [2.75, 3.05) is 45.9 Å². The van der Waals surface area contributed by atoms with Crippen LogP contribution in [-0.4, -0.2) is 73.7 Å². The summed E-state index contributed by atoms with van der Waals surface area (Å²) in [6, 6.07) is 0.660. The van der Waals surface area contributed by atoms with E-state index in [1.54, 1.807) is 0 Å². The summed E-state index contributed by atoms with van der Waals surface area (Å²) in [5.74, 6) is 0.164. The molecule has 3 rings (SSSR count). The lowest BCUT2D eigenvalue weighted by Gasteiger charge is -2.38. The fraction of sp³-hybridized carbons (Fsp3) is 0.944. The minimum atomic E-state index is 0.164. The highest BCUT2D eigenvalue weighted by molar-refractivity contribution is 5.78. The van der Waals surface area contributed by atoms with Crippen LogP contribution < -0.4 is 5.32 Å². The number of carbonyl (C=O) groups excluding carboxylic acids is 1. The predicted octanol–water partition coefficient (Wildman–Crippen LogP) is 1.62. The number of hydrogen-bond acceptors (Lipinski definition) is 4. The largest absolute Gasteiger partial charge is 0.376 e. The normalized spacial score (nSPS) is 31.0. The highest BCUT2D eigenvalue weighted by Gasteiger charge is 2.26. The molecular weight excluding hydrogens is 290 g/mol. The van der Waals surface area contributed by atoms with Crippen molar-refractivity contribution in [3.63, 3.8) is 0 Å². The van der Waals surface area contributed by atoms with E-state index in [0.29, 0.717) is 19.1 Å². The summed E-state index contributed by atoms with van der Waals surface area (Å²) in [4.78, 5) is 17.2. The quantitative estimate of drug-likeness (QED) is 0.835.